The number of rotatable bonds is 12. The van der Waals surface area contributed by atoms with Gasteiger partial charge in [0.05, 0.1) is 22.5 Å². The van der Waals surface area contributed by atoms with E-state index in [1.54, 1.807) is 24.3 Å². The molecule has 6 nitrogen and oxygen atoms in total. The quantitative estimate of drug-likeness (QED) is 0.0536. The van der Waals surface area contributed by atoms with E-state index >= 15 is 0 Å². The molecule has 2 aliphatic heterocycles. The minimum absolute atomic E-state index is 0.309. The van der Waals surface area contributed by atoms with Crippen LogP contribution in [0.1, 0.15) is 118 Å². The fraction of sp³-hybridized carbons (Fsp3) is 0.250. The Hall–Kier alpha value is -5.30. The predicted octanol–water partition coefficient (Wildman–Crippen LogP) is 12.9. The molecule has 0 aromatic heterocycles. The van der Waals surface area contributed by atoms with Gasteiger partial charge in [0.25, 0.3) is 23.6 Å². The molecular weight excluding hydrogens is 739 g/mol. The van der Waals surface area contributed by atoms with Gasteiger partial charge in [-0.25, -0.2) is 9.80 Å². The summed E-state index contributed by atoms with van der Waals surface area (Å²) in [6, 6.07) is 25.8. The van der Waals surface area contributed by atoms with Crippen molar-refractivity contribution in [3.8, 4) is 0 Å². The van der Waals surface area contributed by atoms with Crippen molar-refractivity contribution >= 4 is 101 Å². The standard InChI is InChI=1S/C48H40Cl2N2O4/c1-3-5-7-9-11-27-13-17-29(18-14-27)51-45(53)33-23-21-31-39-32(22-24-34(40(33)39)46(51)54)43-38(50)26-36-41-35(25-37(49)42(31)44(41)43)47(55)52(48(36)56)30-19-15-28(16-20-30)12-10-8-6-4-2/h13-26H,3-12H2,1-2H3. The molecule has 0 unspecified atom stereocenters. The lowest BCUT2D eigenvalue weighted by Gasteiger charge is -2.31. The number of halogens is 2. The zero-order valence-electron chi connectivity index (χ0n) is 31.4. The lowest BCUT2D eigenvalue weighted by molar-refractivity contribution is 0.0877. The van der Waals surface area contributed by atoms with E-state index in [0.717, 1.165) is 37.7 Å². The summed E-state index contributed by atoms with van der Waals surface area (Å²) in [5.41, 5.74) is 4.76. The molecule has 9 rings (SSSR count). The van der Waals surface area contributed by atoms with Gasteiger partial charge in [-0.05, 0) is 101 Å². The highest BCUT2D eigenvalue weighted by atomic mass is 35.5. The fourth-order valence-corrected chi connectivity index (χ4v) is 9.58. The molecule has 0 spiro atoms. The molecule has 56 heavy (non-hydrogen) atoms. The van der Waals surface area contributed by atoms with Crippen LogP contribution in [0.25, 0.3) is 43.1 Å². The van der Waals surface area contributed by atoms with Crippen molar-refractivity contribution in [3.05, 3.63) is 128 Å². The maximum absolute atomic E-state index is 14.3. The number of imide groups is 2. The molecule has 0 bridgehead atoms. The molecular formula is C48H40Cl2N2O4. The maximum Gasteiger partial charge on any atom is 0.266 e. The summed E-state index contributed by atoms with van der Waals surface area (Å²) >= 11 is 14.3. The van der Waals surface area contributed by atoms with Crippen LogP contribution < -0.4 is 9.80 Å². The van der Waals surface area contributed by atoms with E-state index < -0.39 is 23.6 Å². The van der Waals surface area contributed by atoms with Gasteiger partial charge in [-0.3, -0.25) is 19.2 Å². The molecule has 0 saturated heterocycles. The number of amides is 4. The molecule has 8 heteroatoms. The maximum atomic E-state index is 14.3. The number of fused-ring (bicyclic) bond motifs is 2. The van der Waals surface area contributed by atoms with Gasteiger partial charge in [0, 0.05) is 48.1 Å². The number of unbranched alkanes of at least 4 members (excludes halogenated alkanes) is 6. The minimum atomic E-state index is -0.461. The number of hydrogen-bond donors (Lipinski definition) is 0. The molecule has 0 saturated carbocycles. The van der Waals surface area contributed by atoms with Crippen LogP contribution >= 0.6 is 23.2 Å². The average Bonchev–Trinajstić information content (AvgIpc) is 3.20. The largest absolute Gasteiger partial charge is 0.268 e. The van der Waals surface area contributed by atoms with Gasteiger partial charge in [0.2, 0.25) is 0 Å². The number of benzene rings is 7. The SMILES string of the molecule is CCCCCCc1ccc(N2C(=O)c3ccc4c5c(Cl)cc6c7c(cc(Cl)c(c8ccc(c3c48)C2=O)c75)C(=O)N(c2ccc(CCCCCC)cc2)C6=O)cc1. The molecule has 0 aliphatic carbocycles. The Labute approximate surface area is 335 Å². The third-order valence-electron chi connectivity index (χ3n) is 11.8. The van der Waals surface area contributed by atoms with Crippen LogP contribution in [0.15, 0.2) is 84.9 Å². The van der Waals surface area contributed by atoms with E-state index in [4.69, 9.17) is 23.2 Å². The molecule has 0 radical (unpaired) electrons. The van der Waals surface area contributed by atoms with Crippen LogP contribution in [0.3, 0.4) is 0 Å². The van der Waals surface area contributed by atoms with Crippen LogP contribution in [0.4, 0.5) is 11.4 Å². The Balaban J connectivity index is 1.15. The van der Waals surface area contributed by atoms with Gasteiger partial charge in [0.15, 0.2) is 0 Å². The van der Waals surface area contributed by atoms with Crippen LogP contribution in [0, 0.1) is 0 Å². The van der Waals surface area contributed by atoms with Gasteiger partial charge >= 0.3 is 0 Å². The van der Waals surface area contributed by atoms with E-state index in [0.29, 0.717) is 86.8 Å². The molecule has 7 aromatic rings. The highest BCUT2D eigenvalue weighted by Crippen LogP contribution is 2.51. The first-order valence-electron chi connectivity index (χ1n) is 19.8. The molecule has 4 amide bonds. The van der Waals surface area contributed by atoms with Crippen LogP contribution in [0.5, 0.6) is 0 Å². The van der Waals surface area contributed by atoms with Crippen molar-refractivity contribution in [2.75, 3.05) is 9.80 Å². The zero-order chi connectivity index (χ0) is 38.8. The second-order valence-electron chi connectivity index (χ2n) is 15.2. The first kappa shape index (κ1) is 36.3. The van der Waals surface area contributed by atoms with Crippen molar-refractivity contribution < 1.29 is 19.2 Å². The van der Waals surface area contributed by atoms with E-state index in [-0.39, 0.29) is 0 Å². The van der Waals surface area contributed by atoms with E-state index in [2.05, 4.69) is 13.8 Å². The van der Waals surface area contributed by atoms with Crippen LogP contribution in [-0.4, -0.2) is 23.6 Å². The van der Waals surface area contributed by atoms with Crippen LogP contribution in [-0.2, 0) is 12.8 Å². The Morgan fingerprint density at radius 3 is 1.21 bits per heavy atom. The van der Waals surface area contributed by atoms with Crippen molar-refractivity contribution in [2.45, 2.75) is 78.1 Å². The lowest BCUT2D eigenvalue weighted by Crippen LogP contribution is -2.40. The number of aryl methyl sites for hydroxylation is 2. The number of carbonyl (C=O) groups excluding carboxylic acids is 4. The first-order valence-corrected chi connectivity index (χ1v) is 20.5. The molecule has 280 valence electrons. The smallest absolute Gasteiger partial charge is 0.266 e. The second kappa shape index (κ2) is 14.3. The van der Waals surface area contributed by atoms with Crippen molar-refractivity contribution in [1.82, 2.24) is 0 Å². The van der Waals surface area contributed by atoms with Crippen LogP contribution in [0.2, 0.25) is 10.0 Å². The third kappa shape index (κ3) is 5.60. The molecule has 0 fully saturated rings. The summed E-state index contributed by atoms with van der Waals surface area (Å²) in [6.45, 7) is 4.38. The molecule has 0 atom stereocenters. The van der Waals surface area contributed by atoms with Crippen molar-refractivity contribution in [1.29, 1.82) is 0 Å². The summed E-state index contributed by atoms with van der Waals surface area (Å²) in [4.78, 5) is 59.6. The van der Waals surface area contributed by atoms with E-state index in [9.17, 15) is 19.2 Å². The summed E-state index contributed by atoms with van der Waals surface area (Å²) in [7, 11) is 0. The van der Waals surface area contributed by atoms with Gasteiger partial charge in [-0.1, -0.05) is 112 Å². The van der Waals surface area contributed by atoms with Gasteiger partial charge in [-0.15, -0.1) is 0 Å². The lowest BCUT2D eigenvalue weighted by atomic mass is 9.82. The molecule has 7 aromatic carbocycles. The normalized spacial score (nSPS) is 14.1. The number of anilines is 2. The average molecular weight is 780 g/mol. The fourth-order valence-electron chi connectivity index (χ4n) is 8.97. The highest BCUT2D eigenvalue weighted by molar-refractivity contribution is 6.52. The summed E-state index contributed by atoms with van der Waals surface area (Å²) < 4.78 is 0. The van der Waals surface area contributed by atoms with E-state index in [1.165, 1.54) is 47.5 Å². The van der Waals surface area contributed by atoms with Gasteiger partial charge in [0.1, 0.15) is 0 Å². The first-order chi connectivity index (χ1) is 27.2. The molecule has 2 aliphatic rings. The number of carbonyl (C=O) groups is 4. The Morgan fingerprint density at radius 2 is 0.804 bits per heavy atom. The summed E-state index contributed by atoms with van der Waals surface area (Å²) in [5.74, 6) is -1.74. The number of nitrogens with zero attached hydrogens (tertiary/aromatic N) is 2. The molecule has 2 heterocycles. The van der Waals surface area contributed by atoms with Gasteiger partial charge < -0.3 is 0 Å². The zero-order valence-corrected chi connectivity index (χ0v) is 32.9. The van der Waals surface area contributed by atoms with E-state index in [1.807, 2.05) is 60.7 Å². The third-order valence-corrected chi connectivity index (χ3v) is 12.4. The van der Waals surface area contributed by atoms with Gasteiger partial charge in [-0.2, -0.15) is 0 Å². The number of hydrogen-bond acceptors (Lipinski definition) is 4. The Morgan fingerprint density at radius 1 is 0.411 bits per heavy atom. The predicted molar refractivity (Wildman–Crippen MR) is 229 cm³/mol. The Bertz CT molecular complexity index is 2650. The highest BCUT2D eigenvalue weighted by Gasteiger charge is 2.39. The summed E-state index contributed by atoms with van der Waals surface area (Å²) in [5, 5.41) is 5.58. The topological polar surface area (TPSA) is 74.8 Å². The summed E-state index contributed by atoms with van der Waals surface area (Å²) in [6.07, 6.45) is 11.2. The Kier molecular flexibility index (Phi) is 9.30. The molecule has 0 N–H and O–H groups in total. The monoisotopic (exact) mass is 778 g/mol. The van der Waals surface area contributed by atoms with Crippen molar-refractivity contribution in [3.63, 3.8) is 0 Å². The minimum Gasteiger partial charge on any atom is -0.268 e. The van der Waals surface area contributed by atoms with Crippen molar-refractivity contribution in [2.24, 2.45) is 0 Å². The second-order valence-corrected chi connectivity index (χ2v) is 16.0.